The van der Waals surface area contributed by atoms with Gasteiger partial charge in [-0.1, -0.05) is 13.8 Å². The van der Waals surface area contributed by atoms with Crippen LogP contribution in [0.3, 0.4) is 0 Å². The zero-order valence-corrected chi connectivity index (χ0v) is 12.7. The zero-order chi connectivity index (χ0) is 13.3. The molecule has 2 aliphatic rings. The van der Waals surface area contributed by atoms with Crippen LogP contribution in [-0.4, -0.2) is 48.3 Å². The first-order valence-corrected chi connectivity index (χ1v) is 7.52. The molecule has 0 aromatic carbocycles. The maximum Gasteiger partial charge on any atom is 0.0710 e. The molecule has 0 saturated carbocycles. The van der Waals surface area contributed by atoms with Crippen LogP contribution < -0.4 is 5.32 Å². The molecule has 0 aliphatic carbocycles. The molecule has 0 aromatic heterocycles. The molecule has 2 aliphatic heterocycles. The molecule has 0 bridgehead atoms. The maximum atomic E-state index is 6.13. The van der Waals surface area contributed by atoms with Gasteiger partial charge in [0.15, 0.2) is 0 Å². The molecule has 2 rings (SSSR count). The fourth-order valence-electron chi connectivity index (χ4n) is 3.12. The van der Waals surface area contributed by atoms with E-state index >= 15 is 0 Å². The Labute approximate surface area is 112 Å². The lowest BCUT2D eigenvalue weighted by molar-refractivity contribution is -0.0383. The van der Waals surface area contributed by atoms with E-state index in [2.05, 4.69) is 44.8 Å². The number of ether oxygens (including phenoxy) is 1. The first-order valence-electron chi connectivity index (χ1n) is 7.52. The van der Waals surface area contributed by atoms with Gasteiger partial charge in [-0.05, 0) is 39.5 Å². The lowest BCUT2D eigenvalue weighted by atomic mass is 9.99. The second-order valence-electron chi connectivity index (χ2n) is 7.10. The van der Waals surface area contributed by atoms with Gasteiger partial charge in [-0.15, -0.1) is 0 Å². The summed E-state index contributed by atoms with van der Waals surface area (Å²) in [5.74, 6) is 0.709. The molecule has 3 unspecified atom stereocenters. The summed E-state index contributed by atoms with van der Waals surface area (Å²) < 4.78 is 6.13. The molecule has 106 valence electrons. The number of rotatable bonds is 3. The van der Waals surface area contributed by atoms with Crippen LogP contribution in [0.15, 0.2) is 0 Å². The number of hydrogen-bond acceptors (Lipinski definition) is 3. The van der Waals surface area contributed by atoms with Crippen molar-refractivity contribution in [2.24, 2.45) is 5.92 Å². The summed E-state index contributed by atoms with van der Waals surface area (Å²) in [7, 11) is 0. The van der Waals surface area contributed by atoms with Crippen molar-refractivity contribution in [1.82, 2.24) is 10.2 Å². The van der Waals surface area contributed by atoms with Gasteiger partial charge in [0.1, 0.15) is 0 Å². The van der Waals surface area contributed by atoms with Gasteiger partial charge in [0, 0.05) is 31.7 Å². The van der Waals surface area contributed by atoms with Crippen LogP contribution in [0.5, 0.6) is 0 Å². The second-order valence-corrected chi connectivity index (χ2v) is 7.10. The van der Waals surface area contributed by atoms with Crippen molar-refractivity contribution in [3.8, 4) is 0 Å². The third kappa shape index (κ3) is 3.46. The minimum atomic E-state index is 0.0966. The first-order chi connectivity index (χ1) is 8.37. The minimum Gasteiger partial charge on any atom is -0.371 e. The average Bonchev–Trinajstić information content (AvgIpc) is 2.61. The van der Waals surface area contributed by atoms with Crippen LogP contribution in [-0.2, 0) is 4.74 Å². The normalized spacial score (nSPS) is 37.3. The van der Waals surface area contributed by atoms with E-state index in [1.54, 1.807) is 0 Å². The molecule has 2 fully saturated rings. The van der Waals surface area contributed by atoms with Crippen molar-refractivity contribution in [3.05, 3.63) is 0 Å². The van der Waals surface area contributed by atoms with E-state index < -0.39 is 0 Å². The summed E-state index contributed by atoms with van der Waals surface area (Å²) in [6, 6.07) is 1.27. The van der Waals surface area contributed by atoms with Gasteiger partial charge in [0.25, 0.3) is 0 Å². The Bertz CT molecular complexity index is 278. The summed E-state index contributed by atoms with van der Waals surface area (Å²) >= 11 is 0. The van der Waals surface area contributed by atoms with Gasteiger partial charge in [0.2, 0.25) is 0 Å². The predicted octanol–water partition coefficient (Wildman–Crippen LogP) is 2.26. The van der Waals surface area contributed by atoms with Crippen LogP contribution >= 0.6 is 0 Å². The quantitative estimate of drug-likeness (QED) is 0.836. The van der Waals surface area contributed by atoms with E-state index in [4.69, 9.17) is 4.74 Å². The Balaban J connectivity index is 1.87. The van der Waals surface area contributed by atoms with Crippen molar-refractivity contribution in [1.29, 1.82) is 0 Å². The summed E-state index contributed by atoms with van der Waals surface area (Å²) in [6.07, 6.45) is 2.86. The third-order valence-electron chi connectivity index (χ3n) is 4.53. The van der Waals surface area contributed by atoms with Crippen molar-refractivity contribution >= 4 is 0 Å². The van der Waals surface area contributed by atoms with E-state index in [0.717, 1.165) is 13.1 Å². The van der Waals surface area contributed by atoms with Crippen LogP contribution in [0.2, 0.25) is 0 Å². The molecule has 0 spiro atoms. The SMILES string of the molecule is CC(C)C1CN(CC2CCC(C)(C)O2)C(C)CN1. The summed E-state index contributed by atoms with van der Waals surface area (Å²) in [4.78, 5) is 2.62. The van der Waals surface area contributed by atoms with Gasteiger partial charge in [-0.3, -0.25) is 4.90 Å². The highest BCUT2D eigenvalue weighted by atomic mass is 16.5. The topological polar surface area (TPSA) is 24.5 Å². The monoisotopic (exact) mass is 254 g/mol. The van der Waals surface area contributed by atoms with Gasteiger partial charge in [0.05, 0.1) is 11.7 Å². The first kappa shape index (κ1) is 14.3. The molecule has 2 saturated heterocycles. The molecule has 3 heteroatoms. The van der Waals surface area contributed by atoms with Crippen LogP contribution in [0.1, 0.15) is 47.5 Å². The Morgan fingerprint density at radius 3 is 2.67 bits per heavy atom. The molecule has 0 amide bonds. The second kappa shape index (κ2) is 5.48. The van der Waals surface area contributed by atoms with Crippen molar-refractivity contribution in [3.63, 3.8) is 0 Å². The molecule has 3 nitrogen and oxygen atoms in total. The molecule has 1 N–H and O–H groups in total. The Morgan fingerprint density at radius 1 is 1.39 bits per heavy atom. The van der Waals surface area contributed by atoms with Crippen molar-refractivity contribution in [2.45, 2.75) is 71.2 Å². The van der Waals surface area contributed by atoms with E-state index in [9.17, 15) is 0 Å². The zero-order valence-electron chi connectivity index (χ0n) is 12.7. The highest BCUT2D eigenvalue weighted by Crippen LogP contribution is 2.30. The largest absolute Gasteiger partial charge is 0.371 e. The molecule has 0 radical (unpaired) electrons. The van der Waals surface area contributed by atoms with Gasteiger partial charge < -0.3 is 10.1 Å². The van der Waals surface area contributed by atoms with E-state index in [1.807, 2.05) is 0 Å². The highest BCUT2D eigenvalue weighted by molar-refractivity contribution is 4.89. The Morgan fingerprint density at radius 2 is 2.11 bits per heavy atom. The lowest BCUT2D eigenvalue weighted by Crippen LogP contribution is -2.58. The van der Waals surface area contributed by atoms with Crippen LogP contribution in [0, 0.1) is 5.92 Å². The molecule has 18 heavy (non-hydrogen) atoms. The highest BCUT2D eigenvalue weighted by Gasteiger charge is 2.35. The van der Waals surface area contributed by atoms with E-state index in [0.29, 0.717) is 24.1 Å². The number of nitrogens with zero attached hydrogens (tertiary/aromatic N) is 1. The smallest absolute Gasteiger partial charge is 0.0710 e. The molecule has 2 heterocycles. The maximum absolute atomic E-state index is 6.13. The standard InChI is InChI=1S/C15H30N2O/c1-11(2)14-10-17(12(3)8-16-14)9-13-6-7-15(4,5)18-13/h11-14,16H,6-10H2,1-5H3. The molecular weight excluding hydrogens is 224 g/mol. The third-order valence-corrected chi connectivity index (χ3v) is 4.53. The summed E-state index contributed by atoms with van der Waals surface area (Å²) in [6.45, 7) is 14.7. The van der Waals surface area contributed by atoms with E-state index in [1.165, 1.54) is 19.4 Å². The van der Waals surface area contributed by atoms with Crippen molar-refractivity contribution in [2.75, 3.05) is 19.6 Å². The van der Waals surface area contributed by atoms with Crippen LogP contribution in [0.25, 0.3) is 0 Å². The Hall–Kier alpha value is -0.120. The Kier molecular flexibility index (Phi) is 4.35. The summed E-state index contributed by atoms with van der Waals surface area (Å²) in [5, 5.41) is 3.66. The molecule has 0 aromatic rings. The summed E-state index contributed by atoms with van der Waals surface area (Å²) in [5.41, 5.74) is 0.0966. The molecule has 3 atom stereocenters. The van der Waals surface area contributed by atoms with Gasteiger partial charge in [-0.2, -0.15) is 0 Å². The van der Waals surface area contributed by atoms with Crippen molar-refractivity contribution < 1.29 is 4.74 Å². The fraction of sp³-hybridized carbons (Fsp3) is 1.00. The number of piperazine rings is 1. The molecular formula is C15H30N2O. The van der Waals surface area contributed by atoms with Gasteiger partial charge in [-0.25, -0.2) is 0 Å². The number of hydrogen-bond donors (Lipinski definition) is 1. The average molecular weight is 254 g/mol. The lowest BCUT2D eigenvalue weighted by Gasteiger charge is -2.41. The number of nitrogens with one attached hydrogen (secondary N) is 1. The van der Waals surface area contributed by atoms with Gasteiger partial charge >= 0.3 is 0 Å². The van der Waals surface area contributed by atoms with E-state index in [-0.39, 0.29) is 5.60 Å². The predicted molar refractivity (Wildman–Crippen MR) is 75.8 cm³/mol. The van der Waals surface area contributed by atoms with Crippen LogP contribution in [0.4, 0.5) is 0 Å². The fourth-order valence-corrected chi connectivity index (χ4v) is 3.12. The minimum absolute atomic E-state index is 0.0966.